The average Bonchev–Trinajstić information content (AvgIpc) is 0.724. The van der Waals surface area contributed by atoms with Crippen molar-refractivity contribution in [3.63, 3.8) is 0 Å². The van der Waals surface area contributed by atoms with Gasteiger partial charge in [0.05, 0.1) is 34.1 Å². The molecule has 0 amide bonds. The minimum Gasteiger partial charge on any atom is -0.310 e. The van der Waals surface area contributed by atoms with Crippen molar-refractivity contribution in [2.24, 2.45) is 0 Å². The highest BCUT2D eigenvalue weighted by Gasteiger charge is 2.29. The third-order valence-corrected chi connectivity index (χ3v) is 27.7. The Bertz CT molecular complexity index is 8130. The van der Waals surface area contributed by atoms with Crippen LogP contribution in [0.15, 0.2) is 437 Å². The number of benzene rings is 24. The van der Waals surface area contributed by atoms with E-state index in [-0.39, 0.29) is 0 Å². The second-order valence-electron chi connectivity index (χ2n) is 37.7. The van der Waals surface area contributed by atoms with Gasteiger partial charge in [0.2, 0.25) is 0 Å². The van der Waals surface area contributed by atoms with Crippen molar-refractivity contribution in [3.8, 4) is 0 Å². The molecule has 24 aromatic carbocycles. The largest absolute Gasteiger partial charge is 0.310 e. The van der Waals surface area contributed by atoms with Gasteiger partial charge < -0.3 is 29.4 Å². The Balaban J connectivity index is 0.000000119. The van der Waals surface area contributed by atoms with E-state index >= 15 is 0 Å². The molecule has 0 aliphatic carbocycles. The summed E-state index contributed by atoms with van der Waals surface area (Å²) in [7, 11) is 0. The molecule has 0 fully saturated rings. The van der Waals surface area contributed by atoms with Crippen molar-refractivity contribution in [2.45, 2.75) is 83.1 Å². The fourth-order valence-electron chi connectivity index (χ4n) is 21.6. The quantitative estimate of drug-likeness (QED) is 0.0792. The third kappa shape index (κ3) is 15.9. The molecule has 24 rings (SSSR count). The van der Waals surface area contributed by atoms with Crippen LogP contribution in [0.4, 0.5) is 102 Å². The van der Waals surface area contributed by atoms with E-state index in [1.54, 1.807) is 0 Å². The molecular weight excluding hydrogens is 1670 g/mol. The van der Waals surface area contributed by atoms with Crippen LogP contribution in [0.5, 0.6) is 0 Å². The maximum atomic E-state index is 2.43. The van der Waals surface area contributed by atoms with Gasteiger partial charge in [-0.25, -0.2) is 0 Å². The number of hydrogen-bond acceptors (Lipinski definition) is 6. The summed E-state index contributed by atoms with van der Waals surface area (Å²) in [6.45, 7) is 26.2. The molecule has 0 bridgehead atoms. The molecule has 138 heavy (non-hydrogen) atoms. The van der Waals surface area contributed by atoms with Gasteiger partial charge in [-0.05, 0) is 361 Å². The van der Waals surface area contributed by atoms with Crippen molar-refractivity contribution >= 4 is 199 Å². The van der Waals surface area contributed by atoms with Crippen molar-refractivity contribution in [1.82, 2.24) is 0 Å². The zero-order valence-corrected chi connectivity index (χ0v) is 80.3. The number of nitrogens with zero attached hydrogens (tertiary/aromatic N) is 6. The van der Waals surface area contributed by atoms with Crippen molar-refractivity contribution in [2.75, 3.05) is 29.4 Å². The Hall–Kier alpha value is -16.8. The van der Waals surface area contributed by atoms with Crippen molar-refractivity contribution in [3.05, 3.63) is 504 Å². The Labute approximate surface area is 809 Å². The highest BCUT2D eigenvalue weighted by molar-refractivity contribution is 6.31. The number of anilines is 18. The number of hydrogen-bond donors (Lipinski definition) is 0. The SMILES string of the molecule is Cc1cc(C)cc(N(c2ccccc2)c2ccc3ccc4c(N(c5ccccc5)c5cc(C)cc(C)c5)ccc5ccc2c3c54)c1.Cc1ccc(C)c(N(c2ccccc2)c2ccc3ccc4c(N(c5ccccc5)c5cc(C)ccc5C)ccc5ccc2c3c54)c1.Cc1ccc(N(c2ccccc2)c2ccc3ccc4c(N(c5ccccc5)c5ccc(C)cc5C)ccc5ccc2c3c54)c(C)c1. The summed E-state index contributed by atoms with van der Waals surface area (Å²) < 4.78 is 0. The summed E-state index contributed by atoms with van der Waals surface area (Å²) in [4.78, 5) is 14.5. The van der Waals surface area contributed by atoms with Crippen LogP contribution in [-0.4, -0.2) is 0 Å². The van der Waals surface area contributed by atoms with Crippen LogP contribution >= 0.6 is 0 Å². The zero-order chi connectivity index (χ0) is 94.1. The average molecular weight is 1780 g/mol. The third-order valence-electron chi connectivity index (χ3n) is 27.7. The first-order valence-electron chi connectivity index (χ1n) is 48.1. The Kier molecular flexibility index (Phi) is 22.7. The van der Waals surface area contributed by atoms with Crippen LogP contribution in [0.2, 0.25) is 0 Å². The lowest BCUT2D eigenvalue weighted by Gasteiger charge is -2.30. The van der Waals surface area contributed by atoms with Gasteiger partial charge in [-0.1, -0.05) is 290 Å². The van der Waals surface area contributed by atoms with Gasteiger partial charge in [-0.3, -0.25) is 0 Å². The molecule has 0 unspecified atom stereocenters. The highest BCUT2D eigenvalue weighted by atomic mass is 15.2. The summed E-state index contributed by atoms with van der Waals surface area (Å²) in [5.74, 6) is 0. The van der Waals surface area contributed by atoms with Gasteiger partial charge in [0.15, 0.2) is 0 Å². The molecule has 24 aromatic rings. The zero-order valence-electron chi connectivity index (χ0n) is 80.3. The van der Waals surface area contributed by atoms with Crippen LogP contribution in [0.25, 0.3) is 97.0 Å². The summed E-state index contributed by atoms with van der Waals surface area (Å²) in [5, 5.41) is 22.8. The number of para-hydroxylation sites is 6. The Morgan fingerprint density at radius 3 is 0.536 bits per heavy atom. The second-order valence-corrected chi connectivity index (χ2v) is 37.7. The molecule has 0 spiro atoms. The van der Waals surface area contributed by atoms with E-state index in [4.69, 9.17) is 0 Å². The lowest BCUT2D eigenvalue weighted by Crippen LogP contribution is -2.13. The van der Waals surface area contributed by atoms with Crippen LogP contribution in [0.3, 0.4) is 0 Å². The molecule has 0 N–H and O–H groups in total. The molecule has 6 heteroatoms. The van der Waals surface area contributed by atoms with Gasteiger partial charge >= 0.3 is 0 Å². The normalized spacial score (nSPS) is 11.5. The molecule has 666 valence electrons. The smallest absolute Gasteiger partial charge is 0.0540 e. The summed E-state index contributed by atoms with van der Waals surface area (Å²) in [6.07, 6.45) is 0. The molecule has 0 aromatic heterocycles. The second kappa shape index (κ2) is 36.2. The Morgan fingerprint density at radius 1 is 0.116 bits per heavy atom. The van der Waals surface area contributed by atoms with Crippen LogP contribution in [0.1, 0.15) is 66.8 Å². The van der Waals surface area contributed by atoms with E-state index in [1.807, 2.05) is 0 Å². The standard InChI is InChI=1S/3C44H36N2/c1-29-15-23-39(31(3)27-29)45(35-11-7-5-8-12-35)41-25-19-33-18-22-38-42(26-20-34-17-21-37(41)43(33)44(34)38)46(36-13-9-6-10-14-36)40-24-16-30(2)28-32(40)4;1-29-23-30(2)26-37(25-29)45(35-11-7-5-8-12-35)41-21-17-33-16-20-40-42(22-18-34-15-19-39(41)43(33)44(34)40)46(36-13-9-6-10-14-36)38-27-31(3)24-32(4)28-38;1-29-15-17-31(3)41(27-29)45(35-11-7-5-8-12-35)39-25-21-33-20-24-38-40(26-22-34-19-23-37(39)43(33)44(34)38)46(36-13-9-6-10-14-36)42-28-30(2)16-18-32(42)4/h3*5-28H,1-4H3. The first-order chi connectivity index (χ1) is 67.4. The molecule has 0 saturated heterocycles. The van der Waals surface area contributed by atoms with E-state index in [0.29, 0.717) is 0 Å². The fourth-order valence-corrected chi connectivity index (χ4v) is 21.6. The lowest BCUT2D eigenvalue weighted by molar-refractivity contribution is 1.25. The van der Waals surface area contributed by atoms with Crippen molar-refractivity contribution in [1.29, 1.82) is 0 Å². The molecule has 0 radical (unpaired) electrons. The van der Waals surface area contributed by atoms with Crippen LogP contribution < -0.4 is 29.4 Å². The molecule has 6 nitrogen and oxygen atoms in total. The molecule has 0 heterocycles. The van der Waals surface area contributed by atoms with E-state index in [0.717, 1.165) is 34.1 Å². The first kappa shape index (κ1) is 86.6. The molecular formula is C132H108N6. The minimum atomic E-state index is 1.15. The summed E-state index contributed by atoms with van der Waals surface area (Å²) in [5.41, 5.74) is 36.1. The van der Waals surface area contributed by atoms with Crippen molar-refractivity contribution < 1.29 is 0 Å². The molecule has 0 saturated carbocycles. The van der Waals surface area contributed by atoms with E-state index in [1.165, 1.54) is 232 Å². The summed E-state index contributed by atoms with van der Waals surface area (Å²) in [6, 6.07) is 160. The number of rotatable bonds is 18. The highest BCUT2D eigenvalue weighted by Crippen LogP contribution is 2.54. The molecule has 0 aliphatic rings. The van der Waals surface area contributed by atoms with E-state index < -0.39 is 0 Å². The van der Waals surface area contributed by atoms with Gasteiger partial charge in [-0.2, -0.15) is 0 Å². The first-order valence-corrected chi connectivity index (χ1v) is 48.1. The maximum absolute atomic E-state index is 2.43. The van der Waals surface area contributed by atoms with Gasteiger partial charge in [0.1, 0.15) is 0 Å². The fraction of sp³-hybridized carbons (Fsp3) is 0.0909. The van der Waals surface area contributed by atoms with Crippen LogP contribution in [0, 0.1) is 83.1 Å². The van der Waals surface area contributed by atoms with E-state index in [9.17, 15) is 0 Å². The van der Waals surface area contributed by atoms with Gasteiger partial charge in [0, 0.05) is 101 Å². The lowest BCUT2D eigenvalue weighted by atomic mass is 9.91. The topological polar surface area (TPSA) is 19.4 Å². The maximum Gasteiger partial charge on any atom is 0.0540 e. The predicted octanol–water partition coefficient (Wildman–Crippen LogP) is 38.3. The predicted molar refractivity (Wildman–Crippen MR) is 595 cm³/mol. The Morgan fingerprint density at radius 2 is 0.304 bits per heavy atom. The molecule has 0 aliphatic heterocycles. The van der Waals surface area contributed by atoms with E-state index in [2.05, 4.69) is 549 Å². The van der Waals surface area contributed by atoms with Gasteiger partial charge in [-0.15, -0.1) is 0 Å². The van der Waals surface area contributed by atoms with Crippen LogP contribution in [-0.2, 0) is 0 Å². The minimum absolute atomic E-state index is 1.15. The monoisotopic (exact) mass is 1780 g/mol. The molecule has 0 atom stereocenters. The summed E-state index contributed by atoms with van der Waals surface area (Å²) >= 11 is 0. The number of aryl methyl sites for hydroxylation is 12. The van der Waals surface area contributed by atoms with Gasteiger partial charge in [0.25, 0.3) is 0 Å².